The minimum absolute atomic E-state index is 0.0286. The molecule has 2 N–H and O–H groups in total. The van der Waals surface area contributed by atoms with E-state index in [4.69, 9.17) is 5.11 Å². The molecule has 1 rings (SSSR count). The molecular weight excluding hydrogens is 214 g/mol. The molecule has 84 valence electrons. The van der Waals surface area contributed by atoms with E-state index in [0.717, 1.165) is 0 Å². The maximum absolute atomic E-state index is 11.5. The molecule has 0 saturated heterocycles. The molecular formula is C10H15NO3S. The van der Waals surface area contributed by atoms with Crippen molar-refractivity contribution in [2.45, 2.75) is 12.8 Å². The van der Waals surface area contributed by atoms with Crippen LogP contribution in [0.25, 0.3) is 0 Å². The van der Waals surface area contributed by atoms with Gasteiger partial charge in [-0.15, -0.1) is 0 Å². The van der Waals surface area contributed by atoms with Gasteiger partial charge in [0.15, 0.2) is 0 Å². The molecule has 0 aliphatic rings. The standard InChI is InChI=1S/C10H15NO3S/c12-8-4-5-9-15(13,14)11-10-6-2-1-3-7-10/h1-3,6-7,11-12H,4-5,8-9H2. The van der Waals surface area contributed by atoms with Gasteiger partial charge in [-0.3, -0.25) is 4.72 Å². The van der Waals surface area contributed by atoms with Crippen molar-refractivity contribution in [3.05, 3.63) is 30.3 Å². The molecule has 5 heteroatoms. The molecule has 0 aliphatic carbocycles. The zero-order chi connectivity index (χ0) is 11.1. The number of nitrogens with one attached hydrogen (secondary N) is 1. The van der Waals surface area contributed by atoms with Crippen molar-refractivity contribution in [3.8, 4) is 0 Å². The Labute approximate surface area is 90.0 Å². The highest BCUT2D eigenvalue weighted by Gasteiger charge is 2.08. The van der Waals surface area contributed by atoms with Gasteiger partial charge in [-0.2, -0.15) is 0 Å². The van der Waals surface area contributed by atoms with E-state index in [1.807, 2.05) is 6.07 Å². The van der Waals surface area contributed by atoms with Crippen molar-refractivity contribution in [1.29, 1.82) is 0 Å². The van der Waals surface area contributed by atoms with Gasteiger partial charge in [0.05, 0.1) is 5.75 Å². The summed E-state index contributed by atoms with van der Waals surface area (Å²) in [5.74, 6) is 0.0441. The maximum Gasteiger partial charge on any atom is 0.232 e. The summed E-state index contributed by atoms with van der Waals surface area (Å²) in [5, 5.41) is 8.54. The molecule has 0 unspecified atom stereocenters. The van der Waals surface area contributed by atoms with Gasteiger partial charge in [-0.1, -0.05) is 18.2 Å². The monoisotopic (exact) mass is 229 g/mol. The topological polar surface area (TPSA) is 66.4 Å². The van der Waals surface area contributed by atoms with Gasteiger partial charge in [-0.05, 0) is 25.0 Å². The van der Waals surface area contributed by atoms with E-state index in [0.29, 0.717) is 18.5 Å². The molecule has 0 bridgehead atoms. The Kier molecular flexibility index (Phi) is 4.58. The Balaban J connectivity index is 2.50. The number of benzene rings is 1. The van der Waals surface area contributed by atoms with Crippen molar-refractivity contribution in [3.63, 3.8) is 0 Å². The highest BCUT2D eigenvalue weighted by molar-refractivity contribution is 7.92. The Bertz CT molecular complexity index is 375. The number of hydrogen-bond donors (Lipinski definition) is 2. The summed E-state index contributed by atoms with van der Waals surface area (Å²) >= 11 is 0. The SMILES string of the molecule is O=S(=O)(CCCCO)Nc1ccccc1. The summed E-state index contributed by atoms with van der Waals surface area (Å²) in [6.45, 7) is 0.0286. The summed E-state index contributed by atoms with van der Waals surface area (Å²) in [6.07, 6.45) is 0.981. The third-order valence-electron chi connectivity index (χ3n) is 1.87. The number of hydrogen-bond acceptors (Lipinski definition) is 3. The van der Waals surface area contributed by atoms with Crippen LogP contribution in [0.15, 0.2) is 30.3 Å². The lowest BCUT2D eigenvalue weighted by Crippen LogP contribution is -2.16. The smallest absolute Gasteiger partial charge is 0.232 e. The van der Waals surface area contributed by atoms with Gasteiger partial charge in [0.2, 0.25) is 10.0 Å². The fourth-order valence-electron chi connectivity index (χ4n) is 1.14. The Hall–Kier alpha value is -1.07. The number of rotatable bonds is 6. The van der Waals surface area contributed by atoms with Gasteiger partial charge in [-0.25, -0.2) is 8.42 Å². The van der Waals surface area contributed by atoms with Crippen LogP contribution in [-0.4, -0.2) is 25.9 Å². The third-order valence-corrected chi connectivity index (χ3v) is 3.24. The van der Waals surface area contributed by atoms with Crippen molar-refractivity contribution in [2.24, 2.45) is 0 Å². The van der Waals surface area contributed by atoms with Gasteiger partial charge in [0, 0.05) is 12.3 Å². The molecule has 0 spiro atoms. The summed E-state index contributed by atoms with van der Waals surface area (Å²) in [5.41, 5.74) is 0.571. The minimum Gasteiger partial charge on any atom is -0.396 e. The zero-order valence-corrected chi connectivity index (χ0v) is 9.20. The first-order valence-corrected chi connectivity index (χ1v) is 6.46. The van der Waals surface area contributed by atoms with Crippen molar-refractivity contribution < 1.29 is 13.5 Å². The first kappa shape index (κ1) is 12.0. The second kappa shape index (κ2) is 5.72. The molecule has 0 aromatic heterocycles. The molecule has 0 radical (unpaired) electrons. The molecule has 1 aromatic carbocycles. The van der Waals surface area contributed by atoms with E-state index in [2.05, 4.69) is 4.72 Å². The predicted octanol–water partition coefficient (Wildman–Crippen LogP) is 1.20. The molecule has 0 atom stereocenters. The summed E-state index contributed by atoms with van der Waals surface area (Å²) in [7, 11) is -3.27. The molecule has 4 nitrogen and oxygen atoms in total. The predicted molar refractivity (Wildman–Crippen MR) is 60.2 cm³/mol. The van der Waals surface area contributed by atoms with Crippen LogP contribution >= 0.6 is 0 Å². The lowest BCUT2D eigenvalue weighted by Gasteiger charge is -2.06. The van der Waals surface area contributed by atoms with Crippen LogP contribution in [0.5, 0.6) is 0 Å². The average Bonchev–Trinajstić information content (AvgIpc) is 2.18. The van der Waals surface area contributed by atoms with E-state index < -0.39 is 10.0 Å². The molecule has 0 saturated carbocycles. The van der Waals surface area contributed by atoms with Crippen LogP contribution in [0.3, 0.4) is 0 Å². The van der Waals surface area contributed by atoms with Crippen LogP contribution in [0, 0.1) is 0 Å². The maximum atomic E-state index is 11.5. The van der Waals surface area contributed by atoms with Crippen LogP contribution in [0.1, 0.15) is 12.8 Å². The normalized spacial score (nSPS) is 11.3. The molecule has 0 aliphatic heterocycles. The number of para-hydroxylation sites is 1. The third kappa shape index (κ3) is 4.80. The number of aliphatic hydroxyl groups is 1. The molecule has 0 amide bonds. The van der Waals surface area contributed by atoms with E-state index in [-0.39, 0.29) is 12.4 Å². The first-order chi connectivity index (χ1) is 7.14. The van der Waals surface area contributed by atoms with E-state index in [9.17, 15) is 8.42 Å². The lowest BCUT2D eigenvalue weighted by atomic mass is 10.3. The molecule has 0 heterocycles. The quantitative estimate of drug-likeness (QED) is 0.720. The Morgan fingerprint density at radius 1 is 1.13 bits per heavy atom. The summed E-state index contributed by atoms with van der Waals surface area (Å²) in [4.78, 5) is 0. The van der Waals surface area contributed by atoms with E-state index >= 15 is 0 Å². The number of sulfonamides is 1. The fraction of sp³-hybridized carbons (Fsp3) is 0.400. The van der Waals surface area contributed by atoms with Gasteiger partial charge >= 0.3 is 0 Å². The van der Waals surface area contributed by atoms with E-state index in [1.165, 1.54) is 0 Å². The Morgan fingerprint density at radius 2 is 1.80 bits per heavy atom. The summed E-state index contributed by atoms with van der Waals surface area (Å²) < 4.78 is 25.4. The zero-order valence-electron chi connectivity index (χ0n) is 8.39. The van der Waals surface area contributed by atoms with Crippen molar-refractivity contribution in [2.75, 3.05) is 17.1 Å². The largest absolute Gasteiger partial charge is 0.396 e. The second-order valence-corrected chi connectivity index (χ2v) is 5.06. The van der Waals surface area contributed by atoms with Crippen LogP contribution in [-0.2, 0) is 10.0 Å². The number of anilines is 1. The van der Waals surface area contributed by atoms with Gasteiger partial charge in [0.1, 0.15) is 0 Å². The fourth-order valence-corrected chi connectivity index (χ4v) is 2.32. The lowest BCUT2D eigenvalue weighted by molar-refractivity contribution is 0.287. The number of aliphatic hydroxyl groups excluding tert-OH is 1. The Morgan fingerprint density at radius 3 is 2.40 bits per heavy atom. The highest BCUT2D eigenvalue weighted by Crippen LogP contribution is 2.08. The highest BCUT2D eigenvalue weighted by atomic mass is 32.2. The van der Waals surface area contributed by atoms with E-state index in [1.54, 1.807) is 24.3 Å². The van der Waals surface area contributed by atoms with Gasteiger partial charge in [0.25, 0.3) is 0 Å². The second-order valence-electron chi connectivity index (χ2n) is 3.22. The minimum atomic E-state index is -3.27. The molecule has 0 fully saturated rings. The molecule has 15 heavy (non-hydrogen) atoms. The van der Waals surface area contributed by atoms with Crippen LogP contribution in [0.2, 0.25) is 0 Å². The molecule has 1 aromatic rings. The average molecular weight is 229 g/mol. The first-order valence-electron chi connectivity index (χ1n) is 4.80. The van der Waals surface area contributed by atoms with Crippen LogP contribution in [0.4, 0.5) is 5.69 Å². The van der Waals surface area contributed by atoms with Crippen LogP contribution < -0.4 is 4.72 Å². The van der Waals surface area contributed by atoms with Gasteiger partial charge < -0.3 is 5.11 Å². The summed E-state index contributed by atoms with van der Waals surface area (Å²) in [6, 6.07) is 8.76. The van der Waals surface area contributed by atoms with Crippen molar-refractivity contribution in [1.82, 2.24) is 0 Å². The number of unbranched alkanes of at least 4 members (excludes halogenated alkanes) is 1. The van der Waals surface area contributed by atoms with Crippen molar-refractivity contribution >= 4 is 15.7 Å².